The third-order valence-electron chi connectivity index (χ3n) is 3.94. The van der Waals surface area contributed by atoms with E-state index in [4.69, 9.17) is 10.5 Å². The number of methoxy groups -OCH3 is 1. The van der Waals surface area contributed by atoms with Crippen molar-refractivity contribution in [2.24, 2.45) is 0 Å². The van der Waals surface area contributed by atoms with E-state index in [9.17, 15) is 0 Å². The van der Waals surface area contributed by atoms with Crippen LogP contribution in [0.1, 0.15) is 48.9 Å². The van der Waals surface area contributed by atoms with Crippen LogP contribution in [0.2, 0.25) is 0 Å². The SMILES string of the molecule is COC(C)c1nsc(NC2CCCc3cc(N)ccc32)n1. The molecule has 0 radical (unpaired) electrons. The third-order valence-corrected chi connectivity index (χ3v) is 4.60. The van der Waals surface area contributed by atoms with Gasteiger partial charge in [0.2, 0.25) is 5.13 Å². The maximum Gasteiger partial charge on any atom is 0.203 e. The largest absolute Gasteiger partial charge is 0.399 e. The molecule has 2 aromatic rings. The van der Waals surface area contributed by atoms with Crippen LogP contribution in [-0.2, 0) is 11.2 Å². The van der Waals surface area contributed by atoms with E-state index in [2.05, 4.69) is 26.8 Å². The summed E-state index contributed by atoms with van der Waals surface area (Å²) in [4.78, 5) is 4.51. The van der Waals surface area contributed by atoms with Gasteiger partial charge in [-0.3, -0.25) is 0 Å². The number of hydrogen-bond acceptors (Lipinski definition) is 6. The second-order valence-electron chi connectivity index (χ2n) is 5.38. The van der Waals surface area contributed by atoms with Gasteiger partial charge in [0.1, 0.15) is 6.10 Å². The van der Waals surface area contributed by atoms with Crippen LogP contribution in [0.4, 0.5) is 10.8 Å². The van der Waals surface area contributed by atoms with E-state index in [1.807, 2.05) is 13.0 Å². The minimum Gasteiger partial charge on any atom is -0.399 e. The van der Waals surface area contributed by atoms with Crippen LogP contribution in [-0.4, -0.2) is 16.5 Å². The number of nitrogens with one attached hydrogen (secondary N) is 1. The summed E-state index contributed by atoms with van der Waals surface area (Å²) in [7, 11) is 1.67. The topological polar surface area (TPSA) is 73.1 Å². The van der Waals surface area contributed by atoms with Gasteiger partial charge in [-0.1, -0.05) is 6.07 Å². The van der Waals surface area contributed by atoms with E-state index in [1.54, 1.807) is 7.11 Å². The number of anilines is 2. The molecular formula is C15H20N4OS. The highest BCUT2D eigenvalue weighted by molar-refractivity contribution is 7.09. The Bertz CT molecular complexity index is 628. The summed E-state index contributed by atoms with van der Waals surface area (Å²) >= 11 is 1.39. The third kappa shape index (κ3) is 3.01. The van der Waals surface area contributed by atoms with Crippen molar-refractivity contribution < 1.29 is 4.74 Å². The monoisotopic (exact) mass is 304 g/mol. The second-order valence-corrected chi connectivity index (χ2v) is 6.13. The van der Waals surface area contributed by atoms with E-state index < -0.39 is 0 Å². The van der Waals surface area contributed by atoms with Crippen LogP contribution >= 0.6 is 11.5 Å². The molecule has 1 aromatic carbocycles. The summed E-state index contributed by atoms with van der Waals surface area (Å²) in [6.45, 7) is 1.95. The van der Waals surface area contributed by atoms with Crippen LogP contribution in [0.3, 0.4) is 0 Å². The highest BCUT2D eigenvalue weighted by Crippen LogP contribution is 2.34. The van der Waals surface area contributed by atoms with Crippen molar-refractivity contribution in [1.29, 1.82) is 0 Å². The number of nitrogens with two attached hydrogens (primary N) is 1. The molecule has 2 unspecified atom stereocenters. The van der Waals surface area contributed by atoms with Gasteiger partial charge in [-0.25, -0.2) is 4.98 Å². The Kier molecular flexibility index (Phi) is 4.07. The molecule has 5 nitrogen and oxygen atoms in total. The molecule has 0 aliphatic heterocycles. The number of nitrogens with zero attached hydrogens (tertiary/aromatic N) is 2. The van der Waals surface area contributed by atoms with Gasteiger partial charge >= 0.3 is 0 Å². The lowest BCUT2D eigenvalue weighted by Gasteiger charge is -2.26. The molecule has 0 saturated heterocycles. The van der Waals surface area contributed by atoms with Gasteiger partial charge in [-0.15, -0.1) is 0 Å². The van der Waals surface area contributed by atoms with Crippen molar-refractivity contribution in [2.75, 3.05) is 18.2 Å². The maximum atomic E-state index is 5.88. The summed E-state index contributed by atoms with van der Waals surface area (Å²) in [6.07, 6.45) is 3.29. The molecular weight excluding hydrogens is 284 g/mol. The Morgan fingerprint density at radius 3 is 3.14 bits per heavy atom. The van der Waals surface area contributed by atoms with Crippen LogP contribution in [0, 0.1) is 0 Å². The first-order valence-corrected chi connectivity index (χ1v) is 7.96. The summed E-state index contributed by atoms with van der Waals surface area (Å²) in [5.74, 6) is 0.735. The lowest BCUT2D eigenvalue weighted by molar-refractivity contribution is 0.113. The summed E-state index contributed by atoms with van der Waals surface area (Å²) in [6, 6.07) is 6.47. The van der Waals surface area contributed by atoms with Crippen LogP contribution in [0.25, 0.3) is 0 Å². The van der Waals surface area contributed by atoms with E-state index >= 15 is 0 Å². The predicted molar refractivity (Wildman–Crippen MR) is 85.5 cm³/mol. The number of nitrogen functional groups attached to an aromatic ring is 1. The normalized spacial score (nSPS) is 19.0. The first-order valence-electron chi connectivity index (χ1n) is 7.18. The van der Waals surface area contributed by atoms with Gasteiger partial charge in [-0.05, 0) is 49.4 Å². The molecule has 1 aliphatic carbocycles. The Balaban J connectivity index is 1.79. The fourth-order valence-corrected chi connectivity index (χ4v) is 3.40. The van der Waals surface area contributed by atoms with E-state index in [-0.39, 0.29) is 12.1 Å². The molecule has 0 bridgehead atoms. The summed E-state index contributed by atoms with van der Waals surface area (Å²) < 4.78 is 9.59. The molecule has 0 spiro atoms. The standard InChI is InChI=1S/C15H20N4OS/c1-9(20-2)14-18-15(21-19-14)17-13-5-3-4-10-8-11(16)6-7-12(10)13/h6-9,13H,3-5,16H2,1-2H3,(H,17,18,19). The van der Waals surface area contributed by atoms with Crippen LogP contribution in [0.15, 0.2) is 18.2 Å². The van der Waals surface area contributed by atoms with Crippen molar-refractivity contribution >= 4 is 22.4 Å². The number of hydrogen-bond donors (Lipinski definition) is 2. The number of benzene rings is 1. The van der Waals surface area contributed by atoms with Gasteiger partial charge < -0.3 is 15.8 Å². The molecule has 6 heteroatoms. The highest BCUT2D eigenvalue weighted by atomic mass is 32.1. The lowest BCUT2D eigenvalue weighted by atomic mass is 9.87. The Morgan fingerprint density at radius 2 is 2.33 bits per heavy atom. The van der Waals surface area contributed by atoms with Crippen molar-refractivity contribution in [2.45, 2.75) is 38.3 Å². The van der Waals surface area contributed by atoms with Gasteiger partial charge in [-0.2, -0.15) is 4.37 Å². The van der Waals surface area contributed by atoms with Gasteiger partial charge in [0.05, 0.1) is 6.04 Å². The van der Waals surface area contributed by atoms with Gasteiger partial charge in [0.15, 0.2) is 5.82 Å². The lowest BCUT2D eigenvalue weighted by Crippen LogP contribution is -2.17. The Hall–Kier alpha value is -1.66. The molecule has 1 aromatic heterocycles. The zero-order chi connectivity index (χ0) is 14.8. The van der Waals surface area contributed by atoms with Gasteiger partial charge in [0, 0.05) is 24.3 Å². The Labute approximate surface area is 128 Å². The molecule has 3 rings (SSSR count). The molecule has 0 amide bonds. The van der Waals surface area contributed by atoms with Crippen LogP contribution < -0.4 is 11.1 Å². The molecule has 1 heterocycles. The smallest absolute Gasteiger partial charge is 0.203 e. The average Bonchev–Trinajstić information content (AvgIpc) is 2.95. The predicted octanol–water partition coefficient (Wildman–Crippen LogP) is 3.32. The fourth-order valence-electron chi connectivity index (χ4n) is 2.70. The maximum absolute atomic E-state index is 5.88. The summed E-state index contributed by atoms with van der Waals surface area (Å²) in [5.41, 5.74) is 9.38. The van der Waals surface area contributed by atoms with Gasteiger partial charge in [0.25, 0.3) is 0 Å². The molecule has 21 heavy (non-hydrogen) atoms. The summed E-state index contributed by atoms with van der Waals surface area (Å²) in [5, 5.41) is 4.35. The second kappa shape index (κ2) is 5.99. The number of fused-ring (bicyclic) bond motifs is 1. The molecule has 0 saturated carbocycles. The zero-order valence-electron chi connectivity index (χ0n) is 12.3. The molecule has 1 aliphatic rings. The highest BCUT2D eigenvalue weighted by Gasteiger charge is 2.21. The van der Waals surface area contributed by atoms with Crippen molar-refractivity contribution in [3.8, 4) is 0 Å². The Morgan fingerprint density at radius 1 is 1.48 bits per heavy atom. The first kappa shape index (κ1) is 14.3. The molecule has 3 N–H and O–H groups in total. The average molecular weight is 304 g/mol. The molecule has 0 fully saturated rings. The fraction of sp³-hybridized carbons (Fsp3) is 0.467. The molecule has 112 valence electrons. The van der Waals surface area contributed by atoms with Crippen molar-refractivity contribution in [3.63, 3.8) is 0 Å². The molecule has 2 atom stereocenters. The first-order chi connectivity index (χ1) is 10.2. The number of ether oxygens (including phenoxy) is 1. The quantitative estimate of drug-likeness (QED) is 0.848. The van der Waals surface area contributed by atoms with E-state index in [1.165, 1.54) is 22.7 Å². The minimum atomic E-state index is -0.0739. The minimum absolute atomic E-state index is 0.0739. The van der Waals surface area contributed by atoms with E-state index in [0.717, 1.165) is 35.9 Å². The number of aryl methyl sites for hydroxylation is 1. The zero-order valence-corrected chi connectivity index (χ0v) is 13.1. The van der Waals surface area contributed by atoms with Crippen LogP contribution in [0.5, 0.6) is 0 Å². The van der Waals surface area contributed by atoms with E-state index in [0.29, 0.717) is 0 Å². The number of aromatic nitrogens is 2. The van der Waals surface area contributed by atoms with Crippen molar-refractivity contribution in [1.82, 2.24) is 9.36 Å². The number of rotatable bonds is 4. The van der Waals surface area contributed by atoms with Crippen molar-refractivity contribution in [3.05, 3.63) is 35.2 Å².